The number of thiophene rings is 1. The van der Waals surface area contributed by atoms with Crippen molar-refractivity contribution in [3.63, 3.8) is 0 Å². The van der Waals surface area contributed by atoms with Crippen LogP contribution < -0.4 is 10.1 Å². The molecule has 2 heterocycles. The van der Waals surface area contributed by atoms with Gasteiger partial charge >= 0.3 is 0 Å². The zero-order valence-electron chi connectivity index (χ0n) is 10.9. The maximum atomic E-state index is 11.4. The minimum atomic E-state index is -0.344. The summed E-state index contributed by atoms with van der Waals surface area (Å²) >= 11 is 2.57. The molecule has 0 saturated carbocycles. The molecule has 0 radical (unpaired) electrons. The average Bonchev–Trinajstić information content (AvgIpc) is 3.08. The Morgan fingerprint density at radius 1 is 1.14 bits per heavy atom. The maximum Gasteiger partial charge on any atom is 0.290 e. The number of rotatable bonds is 4. The van der Waals surface area contributed by atoms with Gasteiger partial charge in [-0.25, -0.2) is 0 Å². The molecule has 0 bridgehead atoms. The van der Waals surface area contributed by atoms with E-state index in [2.05, 4.69) is 5.32 Å². The largest absolute Gasteiger partial charge is 0.488 e. The second-order valence-electron chi connectivity index (χ2n) is 4.29. The molecule has 0 aliphatic carbocycles. The fourth-order valence-corrected chi connectivity index (χ4v) is 3.08. The Morgan fingerprint density at radius 3 is 2.57 bits per heavy atom. The third kappa shape index (κ3) is 3.53. The van der Waals surface area contributed by atoms with Crippen LogP contribution in [0.3, 0.4) is 0 Å². The molecule has 0 unspecified atom stereocenters. The normalized spacial score (nSPS) is 16.3. The lowest BCUT2D eigenvalue weighted by Crippen LogP contribution is -2.17. The number of ether oxygens (including phenoxy) is 1. The molecule has 4 nitrogen and oxygen atoms in total. The third-order valence-corrected chi connectivity index (χ3v) is 4.44. The lowest BCUT2D eigenvalue weighted by Gasteiger charge is -2.04. The van der Waals surface area contributed by atoms with Crippen molar-refractivity contribution in [1.82, 2.24) is 5.32 Å². The molecule has 21 heavy (non-hydrogen) atoms. The van der Waals surface area contributed by atoms with Crippen LogP contribution in [0.4, 0.5) is 4.79 Å². The molecule has 0 atom stereocenters. The van der Waals surface area contributed by atoms with Crippen molar-refractivity contribution in [3.8, 4) is 5.75 Å². The van der Waals surface area contributed by atoms with E-state index in [9.17, 15) is 9.59 Å². The van der Waals surface area contributed by atoms with Gasteiger partial charge in [-0.05, 0) is 47.0 Å². The van der Waals surface area contributed by atoms with Crippen LogP contribution in [0.15, 0.2) is 46.7 Å². The summed E-state index contributed by atoms with van der Waals surface area (Å²) in [6.45, 7) is 0.546. The highest BCUT2D eigenvalue weighted by Crippen LogP contribution is 2.26. The lowest BCUT2D eigenvalue weighted by molar-refractivity contribution is -0.115. The quantitative estimate of drug-likeness (QED) is 0.875. The Bertz CT molecular complexity index is 690. The van der Waals surface area contributed by atoms with Crippen LogP contribution in [0, 0.1) is 0 Å². The molecule has 1 saturated heterocycles. The van der Waals surface area contributed by atoms with Crippen LogP contribution in [0.5, 0.6) is 5.75 Å². The number of imide groups is 1. The molecule has 1 aromatic carbocycles. The smallest absolute Gasteiger partial charge is 0.290 e. The third-order valence-electron chi connectivity index (χ3n) is 2.78. The summed E-state index contributed by atoms with van der Waals surface area (Å²) in [5.41, 5.74) is 0.853. The van der Waals surface area contributed by atoms with Gasteiger partial charge in [0.15, 0.2) is 0 Å². The van der Waals surface area contributed by atoms with E-state index in [4.69, 9.17) is 4.74 Å². The van der Waals surface area contributed by atoms with Gasteiger partial charge < -0.3 is 4.74 Å². The lowest BCUT2D eigenvalue weighted by atomic mass is 10.2. The molecule has 2 aromatic rings. The number of hydrogen-bond donors (Lipinski definition) is 1. The summed E-state index contributed by atoms with van der Waals surface area (Å²) in [5.74, 6) is 0.424. The van der Waals surface area contributed by atoms with Crippen molar-refractivity contribution in [1.29, 1.82) is 0 Å². The standard InChI is InChI=1S/C15H11NO3S2/c17-14-13(21-15(18)16-14)8-10-3-5-11(6-4-10)19-9-12-2-1-7-20-12/h1-8H,9H2,(H,16,17,18)/b13-8-. The summed E-state index contributed by atoms with van der Waals surface area (Å²) in [5, 5.41) is 3.91. The van der Waals surface area contributed by atoms with E-state index in [0.717, 1.165) is 23.1 Å². The Balaban J connectivity index is 1.65. The van der Waals surface area contributed by atoms with Crippen LogP contribution >= 0.6 is 23.1 Å². The van der Waals surface area contributed by atoms with Gasteiger partial charge in [0.2, 0.25) is 0 Å². The molecule has 1 fully saturated rings. The van der Waals surface area contributed by atoms with Crippen LogP contribution in [-0.4, -0.2) is 11.1 Å². The fraction of sp³-hybridized carbons (Fsp3) is 0.0667. The molecule has 6 heteroatoms. The summed E-state index contributed by atoms with van der Waals surface area (Å²) in [7, 11) is 0. The van der Waals surface area contributed by atoms with Gasteiger partial charge in [-0.2, -0.15) is 0 Å². The minimum Gasteiger partial charge on any atom is -0.488 e. The molecular formula is C15H11NO3S2. The first-order chi connectivity index (χ1) is 10.2. The van der Waals surface area contributed by atoms with Crippen molar-refractivity contribution < 1.29 is 14.3 Å². The summed E-state index contributed by atoms with van der Waals surface area (Å²) in [6, 6.07) is 11.4. The molecule has 1 aliphatic heterocycles. The fourth-order valence-electron chi connectivity index (χ4n) is 1.78. The highest BCUT2D eigenvalue weighted by atomic mass is 32.2. The van der Waals surface area contributed by atoms with E-state index in [-0.39, 0.29) is 11.1 Å². The number of carbonyl (C=O) groups excluding carboxylic acids is 2. The van der Waals surface area contributed by atoms with Crippen molar-refractivity contribution in [3.05, 3.63) is 57.1 Å². The van der Waals surface area contributed by atoms with Gasteiger partial charge in [-0.3, -0.25) is 14.9 Å². The van der Waals surface area contributed by atoms with E-state index < -0.39 is 0 Å². The first kappa shape index (κ1) is 13.9. The summed E-state index contributed by atoms with van der Waals surface area (Å²) in [6.07, 6.45) is 1.69. The summed E-state index contributed by atoms with van der Waals surface area (Å²) < 4.78 is 5.66. The summed E-state index contributed by atoms with van der Waals surface area (Å²) in [4.78, 5) is 24.1. The molecule has 3 rings (SSSR count). The van der Waals surface area contributed by atoms with Crippen LogP contribution in [-0.2, 0) is 11.4 Å². The maximum absolute atomic E-state index is 11.4. The number of amides is 2. The van der Waals surface area contributed by atoms with Crippen molar-refractivity contribution in [2.75, 3.05) is 0 Å². The molecule has 106 valence electrons. The molecule has 1 N–H and O–H groups in total. The van der Waals surface area contributed by atoms with Crippen molar-refractivity contribution in [2.24, 2.45) is 0 Å². The molecular weight excluding hydrogens is 306 g/mol. The Morgan fingerprint density at radius 2 is 1.95 bits per heavy atom. The molecule has 1 aliphatic rings. The van der Waals surface area contributed by atoms with E-state index in [1.54, 1.807) is 17.4 Å². The number of hydrogen-bond acceptors (Lipinski definition) is 5. The number of thioether (sulfide) groups is 1. The highest BCUT2D eigenvalue weighted by molar-refractivity contribution is 8.18. The molecule has 0 spiro atoms. The number of nitrogens with one attached hydrogen (secondary N) is 1. The second-order valence-corrected chi connectivity index (χ2v) is 6.34. The van der Waals surface area contributed by atoms with Gasteiger partial charge in [-0.15, -0.1) is 11.3 Å². The van der Waals surface area contributed by atoms with Gasteiger partial charge in [0, 0.05) is 4.88 Å². The van der Waals surface area contributed by atoms with Crippen molar-refractivity contribution >= 4 is 40.3 Å². The monoisotopic (exact) mass is 317 g/mol. The predicted molar refractivity (Wildman–Crippen MR) is 84.2 cm³/mol. The number of benzene rings is 1. The number of carbonyl (C=O) groups is 2. The van der Waals surface area contributed by atoms with E-state index >= 15 is 0 Å². The van der Waals surface area contributed by atoms with Gasteiger partial charge in [0.05, 0.1) is 4.91 Å². The van der Waals surface area contributed by atoms with Crippen molar-refractivity contribution in [2.45, 2.75) is 6.61 Å². The second kappa shape index (κ2) is 6.15. The van der Waals surface area contributed by atoms with Crippen LogP contribution in [0.2, 0.25) is 0 Å². The van der Waals surface area contributed by atoms with Gasteiger partial charge in [-0.1, -0.05) is 18.2 Å². The van der Waals surface area contributed by atoms with Crippen LogP contribution in [0.1, 0.15) is 10.4 Å². The van der Waals surface area contributed by atoms with E-state index in [0.29, 0.717) is 11.5 Å². The molecule has 1 aromatic heterocycles. The Kier molecular flexibility index (Phi) is 4.08. The molecule has 2 amide bonds. The topological polar surface area (TPSA) is 55.4 Å². The van der Waals surface area contributed by atoms with Gasteiger partial charge in [0.1, 0.15) is 12.4 Å². The van der Waals surface area contributed by atoms with E-state index in [1.165, 1.54) is 4.88 Å². The SMILES string of the molecule is O=C1NC(=O)/C(=C/c2ccc(OCc3cccs3)cc2)S1. The highest BCUT2D eigenvalue weighted by Gasteiger charge is 2.24. The van der Waals surface area contributed by atoms with Gasteiger partial charge in [0.25, 0.3) is 11.1 Å². The first-order valence-corrected chi connectivity index (χ1v) is 7.90. The van der Waals surface area contributed by atoms with Crippen LogP contribution in [0.25, 0.3) is 6.08 Å². The first-order valence-electron chi connectivity index (χ1n) is 6.21. The Labute approximate surface area is 129 Å². The zero-order chi connectivity index (χ0) is 14.7. The minimum absolute atomic E-state index is 0.331. The zero-order valence-corrected chi connectivity index (χ0v) is 12.5. The predicted octanol–water partition coefficient (Wildman–Crippen LogP) is 3.65. The Hall–Kier alpha value is -2.05. The average molecular weight is 317 g/mol. The van der Waals surface area contributed by atoms with E-state index in [1.807, 2.05) is 41.8 Å².